The van der Waals surface area contributed by atoms with Gasteiger partial charge >= 0.3 is 5.97 Å². The molecule has 0 amide bonds. The predicted molar refractivity (Wildman–Crippen MR) is 98.3 cm³/mol. The molecule has 0 bridgehead atoms. The Hall–Kier alpha value is -1.66. The zero-order valence-corrected chi connectivity index (χ0v) is 15.2. The third kappa shape index (κ3) is 3.80. The van der Waals surface area contributed by atoms with Gasteiger partial charge in [0.25, 0.3) is 0 Å². The van der Waals surface area contributed by atoms with Crippen molar-refractivity contribution in [2.75, 3.05) is 19.8 Å². The van der Waals surface area contributed by atoms with Gasteiger partial charge in [-0.25, -0.2) is 4.79 Å². The lowest BCUT2D eigenvalue weighted by molar-refractivity contribution is 0.0520. The van der Waals surface area contributed by atoms with E-state index in [4.69, 9.17) is 13.7 Å². The van der Waals surface area contributed by atoms with Crippen LogP contribution in [-0.2, 0) is 9.47 Å². The molecule has 0 unspecified atom stereocenters. The molecule has 25 heavy (non-hydrogen) atoms. The summed E-state index contributed by atoms with van der Waals surface area (Å²) >= 11 is 1.55. The molecule has 1 saturated carbocycles. The van der Waals surface area contributed by atoms with Crippen LogP contribution >= 0.6 is 12.0 Å². The number of esters is 1. The minimum atomic E-state index is -0.314. The number of carbonyl (C=O) groups is 1. The molecular formula is C19H23NO4S. The molecule has 2 heterocycles. The quantitative estimate of drug-likeness (QED) is 0.609. The van der Waals surface area contributed by atoms with Crippen molar-refractivity contribution in [1.29, 1.82) is 0 Å². The Morgan fingerprint density at radius 1 is 1.24 bits per heavy atom. The molecule has 0 atom stereocenters. The first-order chi connectivity index (χ1) is 12.2. The van der Waals surface area contributed by atoms with E-state index in [2.05, 4.69) is 11.1 Å². The Morgan fingerprint density at radius 2 is 2.04 bits per heavy atom. The summed E-state index contributed by atoms with van der Waals surface area (Å²) in [4.78, 5) is 15.1. The summed E-state index contributed by atoms with van der Waals surface area (Å²) in [5.74, 6) is 1.19. The summed E-state index contributed by atoms with van der Waals surface area (Å²) < 4.78 is 16.6. The fraction of sp³-hybridized carbons (Fsp3) is 0.526. The maximum atomic E-state index is 12.0. The van der Waals surface area contributed by atoms with Crippen molar-refractivity contribution in [2.24, 2.45) is 0 Å². The van der Waals surface area contributed by atoms with Crippen molar-refractivity contribution < 1.29 is 18.5 Å². The van der Waals surface area contributed by atoms with Crippen LogP contribution in [0.25, 0.3) is 10.9 Å². The van der Waals surface area contributed by atoms with Crippen LogP contribution in [0.15, 0.2) is 18.2 Å². The molecule has 4 rings (SSSR count). The van der Waals surface area contributed by atoms with Crippen LogP contribution in [0.5, 0.6) is 5.75 Å². The van der Waals surface area contributed by atoms with Gasteiger partial charge in [-0.3, -0.25) is 0 Å². The van der Waals surface area contributed by atoms with E-state index in [-0.39, 0.29) is 5.97 Å². The first kappa shape index (κ1) is 16.8. The van der Waals surface area contributed by atoms with Gasteiger partial charge in [0.05, 0.1) is 18.6 Å². The monoisotopic (exact) mass is 361 g/mol. The van der Waals surface area contributed by atoms with Gasteiger partial charge in [-0.15, -0.1) is 0 Å². The lowest BCUT2D eigenvalue weighted by Gasteiger charge is -2.21. The van der Waals surface area contributed by atoms with Gasteiger partial charge in [0.2, 0.25) is 0 Å². The molecule has 134 valence electrons. The summed E-state index contributed by atoms with van der Waals surface area (Å²) in [6.07, 6.45) is 4.47. The van der Waals surface area contributed by atoms with E-state index in [0.717, 1.165) is 42.7 Å². The summed E-state index contributed by atoms with van der Waals surface area (Å²) in [6.45, 7) is 3.81. The van der Waals surface area contributed by atoms with Gasteiger partial charge in [-0.05, 0) is 56.2 Å². The van der Waals surface area contributed by atoms with Crippen molar-refractivity contribution in [3.05, 3.63) is 29.5 Å². The topological polar surface area (TPSA) is 60.6 Å². The van der Waals surface area contributed by atoms with Crippen LogP contribution in [0.4, 0.5) is 0 Å². The first-order valence-electron chi connectivity index (χ1n) is 8.99. The molecule has 1 aliphatic carbocycles. The summed E-state index contributed by atoms with van der Waals surface area (Å²) in [6, 6.07) is 6.05. The minimum absolute atomic E-state index is 0.314. The van der Waals surface area contributed by atoms with Crippen LogP contribution in [0, 0.1) is 0 Å². The fourth-order valence-corrected chi connectivity index (χ4v) is 3.94. The number of nitrogens with one attached hydrogen (secondary N) is 1. The minimum Gasteiger partial charge on any atom is -0.461 e. The standard InChI is InChI=1S/C19H23NO4S/c1-2-23-19(21)17-10-13-9-15(12-3-4-12)18(11-16(13)20-17)24-25-14-5-7-22-8-6-14/h9-12,14,20H,2-8H2,1H3. The van der Waals surface area contributed by atoms with E-state index < -0.39 is 0 Å². The maximum Gasteiger partial charge on any atom is 0.354 e. The molecule has 5 nitrogen and oxygen atoms in total. The fourth-order valence-electron chi connectivity index (χ4n) is 3.17. The lowest BCUT2D eigenvalue weighted by Crippen LogP contribution is -2.18. The van der Waals surface area contributed by atoms with Crippen molar-refractivity contribution in [3.8, 4) is 5.75 Å². The summed E-state index contributed by atoms with van der Waals surface area (Å²) in [5.41, 5.74) is 2.66. The Bertz CT molecular complexity index is 762. The van der Waals surface area contributed by atoms with Gasteiger partial charge in [0.15, 0.2) is 0 Å². The van der Waals surface area contributed by atoms with Gasteiger partial charge in [0, 0.05) is 35.4 Å². The van der Waals surface area contributed by atoms with E-state index in [9.17, 15) is 4.79 Å². The number of aromatic amines is 1. The number of rotatable bonds is 6. The van der Waals surface area contributed by atoms with Crippen molar-refractivity contribution in [1.82, 2.24) is 4.98 Å². The highest BCUT2D eigenvalue weighted by Gasteiger charge is 2.28. The summed E-state index contributed by atoms with van der Waals surface area (Å²) in [7, 11) is 0. The Morgan fingerprint density at radius 3 is 2.76 bits per heavy atom. The molecule has 1 aromatic carbocycles. The third-order valence-electron chi connectivity index (χ3n) is 4.71. The number of aromatic nitrogens is 1. The smallest absolute Gasteiger partial charge is 0.354 e. The molecule has 1 saturated heterocycles. The Labute approximate surface area is 151 Å². The average Bonchev–Trinajstić information content (AvgIpc) is 3.39. The normalized spacial score (nSPS) is 18.4. The van der Waals surface area contributed by atoms with Gasteiger partial charge < -0.3 is 18.6 Å². The number of hydrogen-bond donors (Lipinski definition) is 1. The van der Waals surface area contributed by atoms with E-state index in [1.807, 2.05) is 19.1 Å². The van der Waals surface area contributed by atoms with Crippen LogP contribution in [-0.4, -0.2) is 36.0 Å². The second-order valence-corrected chi connectivity index (χ2v) is 7.67. The number of benzene rings is 1. The number of ether oxygens (including phenoxy) is 2. The van der Waals surface area contributed by atoms with E-state index in [1.54, 1.807) is 12.0 Å². The van der Waals surface area contributed by atoms with Gasteiger partial charge in [0.1, 0.15) is 11.4 Å². The van der Waals surface area contributed by atoms with Crippen molar-refractivity contribution in [2.45, 2.75) is 43.8 Å². The second-order valence-electron chi connectivity index (χ2n) is 6.65. The number of carbonyl (C=O) groups excluding carboxylic acids is 1. The molecule has 0 radical (unpaired) electrons. The van der Waals surface area contributed by atoms with Crippen LogP contribution in [0.2, 0.25) is 0 Å². The highest BCUT2D eigenvalue weighted by atomic mass is 32.2. The van der Waals surface area contributed by atoms with Gasteiger partial charge in [-0.1, -0.05) is 0 Å². The first-order valence-corrected chi connectivity index (χ1v) is 9.80. The van der Waals surface area contributed by atoms with Crippen LogP contribution in [0.3, 0.4) is 0 Å². The van der Waals surface area contributed by atoms with Crippen molar-refractivity contribution >= 4 is 28.9 Å². The molecule has 1 aromatic heterocycles. The van der Waals surface area contributed by atoms with Crippen molar-refractivity contribution in [3.63, 3.8) is 0 Å². The summed E-state index contributed by atoms with van der Waals surface area (Å²) in [5, 5.41) is 1.52. The molecule has 1 aliphatic heterocycles. The van der Waals surface area contributed by atoms with Crippen LogP contribution < -0.4 is 4.18 Å². The average molecular weight is 361 g/mol. The highest BCUT2D eigenvalue weighted by molar-refractivity contribution is 7.95. The molecule has 2 fully saturated rings. The second kappa shape index (κ2) is 7.30. The molecule has 2 aliphatic rings. The Balaban J connectivity index is 1.58. The van der Waals surface area contributed by atoms with E-state index in [1.165, 1.54) is 18.4 Å². The number of hydrogen-bond acceptors (Lipinski definition) is 5. The van der Waals surface area contributed by atoms with E-state index in [0.29, 0.717) is 23.5 Å². The maximum absolute atomic E-state index is 12.0. The van der Waals surface area contributed by atoms with E-state index >= 15 is 0 Å². The zero-order valence-electron chi connectivity index (χ0n) is 14.4. The highest BCUT2D eigenvalue weighted by Crippen LogP contribution is 2.46. The number of fused-ring (bicyclic) bond motifs is 1. The SMILES string of the molecule is CCOC(=O)c1cc2cc(C3CC3)c(OSC3CCOCC3)cc2[nH]1. The predicted octanol–water partition coefficient (Wildman–Crippen LogP) is 4.43. The molecule has 1 N–H and O–H groups in total. The zero-order chi connectivity index (χ0) is 17.2. The molecule has 0 spiro atoms. The molecule has 6 heteroatoms. The molecular weight excluding hydrogens is 338 g/mol. The third-order valence-corrected chi connectivity index (χ3v) is 5.73. The number of H-pyrrole nitrogens is 1. The van der Waals surface area contributed by atoms with Gasteiger partial charge in [-0.2, -0.15) is 0 Å². The largest absolute Gasteiger partial charge is 0.461 e. The lowest BCUT2D eigenvalue weighted by atomic mass is 10.1. The molecule has 2 aromatic rings. The Kier molecular flexibility index (Phi) is 4.90. The van der Waals surface area contributed by atoms with Crippen LogP contribution in [0.1, 0.15) is 54.6 Å².